The van der Waals surface area contributed by atoms with Crippen LogP contribution in [0.2, 0.25) is 0 Å². The number of hydrogen-bond donors (Lipinski definition) is 3. The van der Waals surface area contributed by atoms with Crippen LogP contribution in [0.25, 0.3) is 0 Å². The number of carbonyl (C=O) groups excluding carboxylic acids is 1. The number of amides is 1. The molecule has 3 aromatic rings. The Morgan fingerprint density at radius 2 is 1.68 bits per heavy atom. The zero-order chi connectivity index (χ0) is 28.9. The molecule has 2 aliphatic rings. The van der Waals surface area contributed by atoms with Gasteiger partial charge in [-0.2, -0.15) is 13.8 Å². The number of hydrogen-bond acceptors (Lipinski definition) is 7. The number of fused-ring (bicyclic) bond motifs is 2. The standard InChI is InChI=1S/C31H38N4O5S/c1-39-29-15-9-6-12-25(29)20-33-27(22-40-21-24-10-4-3-5-11-24)30(36)34-35(41(2,37)38)23-31(16-18-32-19-17-31)26-13-7-8-14-28(26)35/h3-15,27,32-33H,16-23H2,1-2H3/p+1. The summed E-state index contributed by atoms with van der Waals surface area (Å²) in [4.78, 5) is 14.1. The second kappa shape index (κ2) is 12.3. The van der Waals surface area contributed by atoms with Crippen molar-refractivity contribution in [1.82, 2.24) is 20.1 Å². The monoisotopic (exact) mass is 579 g/mol. The predicted molar refractivity (Wildman–Crippen MR) is 160 cm³/mol. The van der Waals surface area contributed by atoms with E-state index in [1.807, 2.05) is 78.9 Å². The SMILES string of the molecule is COc1ccccc1CNC(COCc1ccccc1)C(=O)N[N+]1(S(C)(=O)=O)CC2(CCNCC2)c2ccccc21. The Kier molecular flexibility index (Phi) is 8.77. The van der Waals surface area contributed by atoms with Gasteiger partial charge in [-0.1, -0.05) is 70.7 Å². The van der Waals surface area contributed by atoms with E-state index in [4.69, 9.17) is 9.47 Å². The fourth-order valence-corrected chi connectivity index (χ4v) is 7.33. The quantitative estimate of drug-likeness (QED) is 0.300. The Bertz CT molecular complexity index is 1460. The molecule has 0 radical (unpaired) electrons. The van der Waals surface area contributed by atoms with Crippen molar-refractivity contribution in [2.75, 3.05) is 39.6 Å². The number of carbonyl (C=O) groups is 1. The second-order valence-corrected chi connectivity index (χ2v) is 13.0. The van der Waals surface area contributed by atoms with Crippen molar-refractivity contribution in [3.63, 3.8) is 0 Å². The highest BCUT2D eigenvalue weighted by atomic mass is 32.2. The van der Waals surface area contributed by atoms with Gasteiger partial charge in [0.2, 0.25) is 0 Å². The highest BCUT2D eigenvalue weighted by molar-refractivity contribution is 7.90. The number of quaternary nitrogens is 1. The molecule has 3 aromatic carbocycles. The fraction of sp³-hybridized carbons (Fsp3) is 0.387. The molecule has 3 N–H and O–H groups in total. The number of piperidine rings is 1. The summed E-state index contributed by atoms with van der Waals surface area (Å²) in [6, 6.07) is 24.1. The third kappa shape index (κ3) is 6.02. The van der Waals surface area contributed by atoms with Crippen LogP contribution in [0.5, 0.6) is 5.75 Å². The summed E-state index contributed by atoms with van der Waals surface area (Å²) >= 11 is 0. The molecule has 9 nitrogen and oxygen atoms in total. The van der Waals surface area contributed by atoms with E-state index in [1.54, 1.807) is 7.11 Å². The lowest BCUT2D eigenvalue weighted by atomic mass is 9.75. The molecular weight excluding hydrogens is 540 g/mol. The molecule has 10 heteroatoms. The summed E-state index contributed by atoms with van der Waals surface area (Å²) in [7, 11) is -2.22. The van der Waals surface area contributed by atoms with Gasteiger partial charge in [-0.25, -0.2) is 0 Å². The summed E-state index contributed by atoms with van der Waals surface area (Å²) in [6.07, 6.45) is 2.80. The smallest absolute Gasteiger partial charge is 0.321 e. The zero-order valence-electron chi connectivity index (χ0n) is 23.6. The largest absolute Gasteiger partial charge is 0.496 e. The summed E-state index contributed by atoms with van der Waals surface area (Å²) in [5, 5.41) is 6.69. The first-order chi connectivity index (χ1) is 19.8. The maximum Gasteiger partial charge on any atom is 0.321 e. The summed E-state index contributed by atoms with van der Waals surface area (Å²) in [6.45, 7) is 2.55. The van der Waals surface area contributed by atoms with E-state index in [9.17, 15) is 13.2 Å². The van der Waals surface area contributed by atoms with Crippen LogP contribution < -0.4 is 24.8 Å². The van der Waals surface area contributed by atoms with Crippen molar-refractivity contribution >= 4 is 21.6 Å². The van der Waals surface area contributed by atoms with Gasteiger partial charge in [-0.05, 0) is 37.6 Å². The van der Waals surface area contributed by atoms with E-state index in [0.29, 0.717) is 24.6 Å². The maximum atomic E-state index is 14.1. The molecule has 2 aliphatic heterocycles. The van der Waals surface area contributed by atoms with Gasteiger partial charge in [0, 0.05) is 23.7 Å². The van der Waals surface area contributed by atoms with E-state index in [-0.39, 0.29) is 18.6 Å². The van der Waals surface area contributed by atoms with Gasteiger partial charge < -0.3 is 14.8 Å². The lowest BCUT2D eigenvalue weighted by Gasteiger charge is -2.36. The van der Waals surface area contributed by atoms with Crippen LogP contribution in [0.4, 0.5) is 5.69 Å². The predicted octanol–water partition coefficient (Wildman–Crippen LogP) is 3.00. The number of methoxy groups -OCH3 is 1. The molecule has 1 fully saturated rings. The minimum absolute atomic E-state index is 0.0519. The van der Waals surface area contributed by atoms with E-state index in [2.05, 4.69) is 16.1 Å². The average Bonchev–Trinajstić information content (AvgIpc) is 3.25. The first-order valence-corrected chi connectivity index (χ1v) is 15.8. The lowest BCUT2D eigenvalue weighted by Crippen LogP contribution is -2.68. The Hall–Kier alpha value is -3.28. The Labute approximate surface area is 242 Å². The normalized spacial score (nSPS) is 20.3. The van der Waals surface area contributed by atoms with Gasteiger partial charge in [0.05, 0.1) is 32.0 Å². The first kappa shape index (κ1) is 29.2. The Balaban J connectivity index is 1.43. The van der Waals surface area contributed by atoms with Gasteiger partial charge in [-0.15, -0.1) is 0 Å². The van der Waals surface area contributed by atoms with Crippen molar-refractivity contribution in [2.45, 2.75) is 37.5 Å². The molecule has 5 rings (SSSR count). The van der Waals surface area contributed by atoms with Gasteiger partial charge in [0.25, 0.3) is 5.91 Å². The number of rotatable bonds is 11. The minimum Gasteiger partial charge on any atom is -0.496 e. The van der Waals surface area contributed by atoms with Crippen LogP contribution in [0.15, 0.2) is 78.9 Å². The number of benzene rings is 3. The number of nitrogens with one attached hydrogen (secondary N) is 3. The van der Waals surface area contributed by atoms with E-state index >= 15 is 0 Å². The van der Waals surface area contributed by atoms with Gasteiger partial charge in [0.15, 0.2) is 5.69 Å². The molecule has 0 saturated carbocycles. The van der Waals surface area contributed by atoms with Crippen LogP contribution in [0.1, 0.15) is 29.5 Å². The summed E-state index contributed by atoms with van der Waals surface area (Å²) in [5.41, 5.74) is 6.11. The first-order valence-electron chi connectivity index (χ1n) is 14.0. The maximum absolute atomic E-state index is 14.1. The van der Waals surface area contributed by atoms with Gasteiger partial charge in [0.1, 0.15) is 18.3 Å². The molecule has 1 spiro atoms. The number of nitrogens with zero attached hydrogens (tertiary/aromatic N) is 1. The minimum atomic E-state index is -3.83. The highest BCUT2D eigenvalue weighted by Crippen LogP contribution is 2.50. The molecular formula is C31H39N4O5S+. The third-order valence-corrected chi connectivity index (χ3v) is 9.80. The molecule has 1 saturated heterocycles. The highest BCUT2D eigenvalue weighted by Gasteiger charge is 2.60. The summed E-state index contributed by atoms with van der Waals surface area (Å²) in [5.74, 6) is 0.254. The van der Waals surface area contributed by atoms with Crippen molar-refractivity contribution in [3.05, 3.63) is 95.6 Å². The fourth-order valence-electron chi connectivity index (χ4n) is 6.08. The molecule has 0 bridgehead atoms. The Morgan fingerprint density at radius 1 is 1.00 bits per heavy atom. The summed E-state index contributed by atoms with van der Waals surface area (Å²) < 4.78 is 38.1. The van der Waals surface area contributed by atoms with E-state index in [1.165, 1.54) is 6.26 Å². The number of ether oxygens (including phenoxy) is 2. The molecule has 0 aliphatic carbocycles. The van der Waals surface area contributed by atoms with Crippen LogP contribution in [0.3, 0.4) is 0 Å². The zero-order valence-corrected chi connectivity index (χ0v) is 24.5. The number of sulfonamides is 1. The third-order valence-electron chi connectivity index (χ3n) is 8.25. The van der Waals surface area contributed by atoms with Crippen LogP contribution >= 0.6 is 0 Å². The number of para-hydroxylation sites is 2. The molecule has 2 unspecified atom stereocenters. The molecule has 0 aromatic heterocycles. The second-order valence-electron chi connectivity index (χ2n) is 10.9. The van der Waals surface area contributed by atoms with Crippen molar-refractivity contribution < 1.29 is 22.7 Å². The van der Waals surface area contributed by atoms with Crippen LogP contribution in [0, 0.1) is 0 Å². The van der Waals surface area contributed by atoms with Crippen LogP contribution in [-0.4, -0.2) is 60.0 Å². The molecule has 41 heavy (non-hydrogen) atoms. The van der Waals surface area contributed by atoms with Gasteiger partial charge in [-0.3, -0.25) is 10.1 Å². The molecule has 1 amide bonds. The van der Waals surface area contributed by atoms with Crippen molar-refractivity contribution in [3.8, 4) is 5.75 Å². The lowest BCUT2D eigenvalue weighted by molar-refractivity contribution is -0.127. The molecule has 218 valence electrons. The van der Waals surface area contributed by atoms with E-state index in [0.717, 1.165) is 42.6 Å². The van der Waals surface area contributed by atoms with Crippen molar-refractivity contribution in [2.24, 2.45) is 0 Å². The van der Waals surface area contributed by atoms with Gasteiger partial charge >= 0.3 is 10.0 Å². The average molecular weight is 580 g/mol. The molecule has 2 heterocycles. The van der Waals surface area contributed by atoms with E-state index < -0.39 is 26.0 Å². The van der Waals surface area contributed by atoms with Crippen molar-refractivity contribution in [1.29, 1.82) is 0 Å². The Morgan fingerprint density at radius 3 is 2.41 bits per heavy atom. The van der Waals surface area contributed by atoms with Crippen LogP contribution in [-0.2, 0) is 38.1 Å². The topological polar surface area (TPSA) is 106 Å². The molecule has 2 atom stereocenters.